The zero-order chi connectivity index (χ0) is 44.3. The average Bonchev–Trinajstić information content (AvgIpc) is 3.81. The number of aromatic nitrogens is 6. The van der Waals surface area contributed by atoms with E-state index in [0.717, 1.165) is 51.4 Å². The van der Waals surface area contributed by atoms with Gasteiger partial charge in [-0.25, -0.2) is 18.7 Å². The maximum atomic E-state index is 13.6. The number of ketones is 1. The molecule has 2 aromatic carbocycles. The normalized spacial score (nSPS) is 12.3. The van der Waals surface area contributed by atoms with Gasteiger partial charge in [0.15, 0.2) is 0 Å². The standard InChI is InChI=1S/C27H30FN3O4.C21H20FN3O/c1-5-35-23(34)17-22(33)16-21(32)12-15-31-25(19-10-13-29-14-11-19)24(30-26(31)27(2,3)4)18-6-8-20(28)9-7-18;1-21(2,3)20-24-18(15-5-7-17(22)8-6-15)19(25(20)13-4-14-26)16-9-11-23-12-10-16/h6-15,21,32H,5,16-17H2,1-4H3;4-14H,1-3H3/b15-12+;13-4+. The third-order valence-electron chi connectivity index (χ3n) is 9.16. The highest BCUT2D eigenvalue weighted by Crippen LogP contribution is 2.38. The van der Waals surface area contributed by atoms with Crippen LogP contribution in [0.1, 0.15) is 73.0 Å². The van der Waals surface area contributed by atoms with Crippen LogP contribution >= 0.6 is 0 Å². The first-order chi connectivity index (χ1) is 29.0. The van der Waals surface area contributed by atoms with E-state index in [2.05, 4.69) is 30.7 Å². The molecule has 6 rings (SSSR count). The molecule has 0 aliphatic rings. The van der Waals surface area contributed by atoms with Gasteiger partial charge in [0.25, 0.3) is 0 Å². The van der Waals surface area contributed by atoms with E-state index in [1.54, 1.807) is 68.4 Å². The van der Waals surface area contributed by atoms with Gasteiger partial charge in [0.2, 0.25) is 0 Å². The van der Waals surface area contributed by atoms with E-state index < -0.39 is 17.9 Å². The topological polar surface area (TPSA) is 142 Å². The van der Waals surface area contributed by atoms with Crippen LogP contribution in [-0.2, 0) is 30.0 Å². The van der Waals surface area contributed by atoms with Crippen molar-refractivity contribution in [1.29, 1.82) is 0 Å². The molecule has 13 heteroatoms. The highest BCUT2D eigenvalue weighted by Gasteiger charge is 2.28. The zero-order valence-corrected chi connectivity index (χ0v) is 35.3. The lowest BCUT2D eigenvalue weighted by atomic mass is 9.95. The Kier molecular flexibility index (Phi) is 14.9. The average molecular weight is 829 g/mol. The number of halogens is 2. The summed E-state index contributed by atoms with van der Waals surface area (Å²) in [5.41, 5.74) is 5.62. The third kappa shape index (κ3) is 11.7. The fourth-order valence-electron chi connectivity index (χ4n) is 6.46. The Balaban J connectivity index is 0.000000241. The first kappa shape index (κ1) is 45.4. The van der Waals surface area contributed by atoms with E-state index in [-0.39, 0.29) is 41.9 Å². The number of benzene rings is 2. The van der Waals surface area contributed by atoms with Crippen LogP contribution in [0.5, 0.6) is 0 Å². The van der Waals surface area contributed by atoms with Crippen molar-refractivity contribution in [1.82, 2.24) is 29.1 Å². The molecule has 1 atom stereocenters. The van der Waals surface area contributed by atoms with Crippen molar-refractivity contribution >= 4 is 30.4 Å². The smallest absolute Gasteiger partial charge is 0.313 e. The van der Waals surface area contributed by atoms with Crippen LogP contribution in [0.3, 0.4) is 0 Å². The highest BCUT2D eigenvalue weighted by molar-refractivity contribution is 5.95. The SMILES string of the molecule is CC(C)(C)c1nc(-c2ccc(F)cc2)c(-c2ccncc2)n1/C=C/C=O.CCOC(=O)CC(=O)CC(O)/C=C/n1c(C(C)(C)C)nc(-c2ccc(F)cc2)c1-c1ccncc1. The van der Waals surface area contributed by atoms with Crippen molar-refractivity contribution in [3.05, 3.63) is 133 Å². The second-order valence-electron chi connectivity index (χ2n) is 16.1. The zero-order valence-electron chi connectivity index (χ0n) is 35.3. The van der Waals surface area contributed by atoms with Crippen molar-refractivity contribution in [2.75, 3.05) is 6.61 Å². The summed E-state index contributed by atoms with van der Waals surface area (Å²) in [5, 5.41) is 10.5. The van der Waals surface area contributed by atoms with Gasteiger partial charge in [0.05, 0.1) is 35.5 Å². The van der Waals surface area contributed by atoms with Crippen molar-refractivity contribution < 1.29 is 33.0 Å². The number of nitrogens with zero attached hydrogens (tertiary/aromatic N) is 6. The van der Waals surface area contributed by atoms with Gasteiger partial charge in [0.1, 0.15) is 41.8 Å². The largest absolute Gasteiger partial charge is 0.466 e. The number of hydrogen-bond donors (Lipinski definition) is 1. The summed E-state index contributed by atoms with van der Waals surface area (Å²) in [6.07, 6.45) is 12.1. The molecule has 0 aliphatic heterocycles. The molecule has 0 saturated carbocycles. The molecule has 0 bridgehead atoms. The Morgan fingerprint density at radius 2 is 1.11 bits per heavy atom. The van der Waals surface area contributed by atoms with Crippen molar-refractivity contribution in [2.24, 2.45) is 0 Å². The van der Waals surface area contributed by atoms with Crippen molar-refractivity contribution in [3.63, 3.8) is 0 Å². The predicted molar refractivity (Wildman–Crippen MR) is 233 cm³/mol. The molecule has 0 spiro atoms. The number of imidazole rings is 2. The molecule has 61 heavy (non-hydrogen) atoms. The van der Waals surface area contributed by atoms with Crippen LogP contribution in [0.15, 0.2) is 110 Å². The van der Waals surface area contributed by atoms with Gasteiger partial charge in [-0.1, -0.05) is 41.5 Å². The quantitative estimate of drug-likeness (QED) is 0.0521. The molecular formula is C48H50F2N6O5. The second kappa shape index (κ2) is 20.0. The lowest BCUT2D eigenvalue weighted by molar-refractivity contribution is -0.145. The van der Waals surface area contributed by atoms with Gasteiger partial charge in [-0.3, -0.25) is 24.4 Å². The molecular weight excluding hydrogens is 779 g/mol. The van der Waals surface area contributed by atoms with Crippen molar-refractivity contribution in [3.8, 4) is 45.0 Å². The number of ether oxygens (including phenoxy) is 1. The Hall–Kier alpha value is -6.73. The van der Waals surface area contributed by atoms with Crippen LogP contribution in [-0.4, -0.2) is 64.9 Å². The molecule has 316 valence electrons. The van der Waals surface area contributed by atoms with Gasteiger partial charge in [0, 0.05) is 76.7 Å². The summed E-state index contributed by atoms with van der Waals surface area (Å²) in [6.45, 7) is 14.1. The fraction of sp³-hybridized carbons (Fsp3) is 0.271. The Morgan fingerprint density at radius 3 is 1.51 bits per heavy atom. The van der Waals surface area contributed by atoms with Crippen molar-refractivity contribution in [2.45, 2.75) is 78.2 Å². The summed E-state index contributed by atoms with van der Waals surface area (Å²) < 4.78 is 35.6. The minimum Gasteiger partial charge on any atom is -0.466 e. The lowest BCUT2D eigenvalue weighted by Gasteiger charge is -2.19. The van der Waals surface area contributed by atoms with E-state index >= 15 is 0 Å². The predicted octanol–water partition coefficient (Wildman–Crippen LogP) is 9.51. The van der Waals surface area contributed by atoms with Crippen LogP contribution in [0, 0.1) is 11.6 Å². The molecule has 0 amide bonds. The van der Waals surface area contributed by atoms with Crippen LogP contribution in [0.2, 0.25) is 0 Å². The van der Waals surface area contributed by atoms with E-state index in [1.807, 2.05) is 54.2 Å². The summed E-state index contributed by atoms with van der Waals surface area (Å²) in [5.74, 6) is -0.140. The number of carbonyl (C=O) groups is 3. The molecule has 0 saturated heterocycles. The van der Waals surface area contributed by atoms with E-state index in [9.17, 15) is 28.3 Å². The summed E-state index contributed by atoms with van der Waals surface area (Å²) >= 11 is 0. The molecule has 0 aliphatic carbocycles. The highest BCUT2D eigenvalue weighted by atomic mass is 19.1. The number of esters is 1. The molecule has 0 radical (unpaired) electrons. The Labute approximate surface area is 354 Å². The van der Waals surface area contributed by atoms with Crippen LogP contribution < -0.4 is 0 Å². The van der Waals surface area contributed by atoms with Gasteiger partial charge in [-0.05, 0) is 91.9 Å². The van der Waals surface area contributed by atoms with Gasteiger partial charge in [-0.15, -0.1) is 0 Å². The molecule has 6 aromatic rings. The first-order valence-electron chi connectivity index (χ1n) is 19.8. The Bertz CT molecular complexity index is 2480. The monoisotopic (exact) mass is 828 g/mol. The fourth-order valence-corrected chi connectivity index (χ4v) is 6.46. The minimum absolute atomic E-state index is 0.193. The molecule has 4 heterocycles. The molecule has 4 aromatic heterocycles. The van der Waals surface area contributed by atoms with Gasteiger partial charge >= 0.3 is 5.97 Å². The number of aliphatic hydroxyl groups is 1. The molecule has 1 N–H and O–H groups in total. The van der Waals surface area contributed by atoms with Gasteiger partial charge < -0.3 is 19.0 Å². The molecule has 0 fully saturated rings. The first-order valence-corrected chi connectivity index (χ1v) is 19.8. The number of aldehydes is 1. The van der Waals surface area contributed by atoms with Crippen LogP contribution in [0.25, 0.3) is 57.4 Å². The summed E-state index contributed by atoms with van der Waals surface area (Å²) in [4.78, 5) is 52.6. The van der Waals surface area contributed by atoms with E-state index in [1.165, 1.54) is 36.4 Å². The second-order valence-corrected chi connectivity index (χ2v) is 16.1. The van der Waals surface area contributed by atoms with E-state index in [0.29, 0.717) is 11.5 Å². The number of Topliss-reactive ketones (excluding diaryl/α,β-unsaturated/α-hetero) is 1. The maximum absolute atomic E-state index is 13.6. The number of hydrogen-bond acceptors (Lipinski definition) is 9. The molecule has 11 nitrogen and oxygen atoms in total. The van der Waals surface area contributed by atoms with E-state index in [4.69, 9.17) is 14.7 Å². The van der Waals surface area contributed by atoms with Gasteiger partial charge in [-0.2, -0.15) is 0 Å². The Morgan fingerprint density at radius 1 is 0.689 bits per heavy atom. The number of aliphatic hydroxyl groups excluding tert-OH is 1. The summed E-state index contributed by atoms with van der Waals surface area (Å²) in [7, 11) is 0. The minimum atomic E-state index is -1.10. The number of rotatable bonds is 13. The third-order valence-corrected chi connectivity index (χ3v) is 9.16. The number of pyridine rings is 2. The maximum Gasteiger partial charge on any atom is 0.313 e. The van der Waals surface area contributed by atoms with Crippen LogP contribution in [0.4, 0.5) is 8.78 Å². The number of carbonyl (C=O) groups excluding carboxylic acids is 3. The summed E-state index contributed by atoms with van der Waals surface area (Å²) in [6, 6.07) is 19.9. The number of allylic oxidation sites excluding steroid dienone is 1. The lowest BCUT2D eigenvalue weighted by Crippen LogP contribution is -2.18. The molecule has 1 unspecified atom stereocenters.